The first-order chi connectivity index (χ1) is 7.83. The number of hydrogen-bond donors (Lipinski definition) is 1. The Morgan fingerprint density at radius 2 is 2.50 bits per heavy atom. The molecule has 88 valence electrons. The Balaban J connectivity index is 2.02. The molecule has 0 radical (unpaired) electrons. The molecule has 2 nitrogen and oxygen atoms in total. The molecule has 0 aliphatic heterocycles. The van der Waals surface area contributed by atoms with Crippen LogP contribution in [-0.4, -0.2) is 18.2 Å². The van der Waals surface area contributed by atoms with Gasteiger partial charge in [0.1, 0.15) is 0 Å². The third kappa shape index (κ3) is 5.98. The first-order valence-corrected chi connectivity index (χ1v) is 7.34. The molecule has 1 aromatic rings. The second kappa shape index (κ2) is 8.42. The van der Waals surface area contributed by atoms with Gasteiger partial charge < -0.3 is 5.32 Å². The van der Waals surface area contributed by atoms with Crippen molar-refractivity contribution in [3.8, 4) is 0 Å². The molecule has 0 bridgehead atoms. The number of hydrogen-bond acceptors (Lipinski definition) is 3. The van der Waals surface area contributed by atoms with E-state index in [4.69, 9.17) is 0 Å². The van der Waals surface area contributed by atoms with E-state index in [0.717, 1.165) is 18.7 Å². The van der Waals surface area contributed by atoms with E-state index in [-0.39, 0.29) is 5.91 Å². The van der Waals surface area contributed by atoms with Gasteiger partial charge in [-0.25, -0.2) is 0 Å². The zero-order valence-corrected chi connectivity index (χ0v) is 11.1. The van der Waals surface area contributed by atoms with Gasteiger partial charge in [-0.05, 0) is 24.8 Å². The first kappa shape index (κ1) is 13.3. The topological polar surface area (TPSA) is 29.1 Å². The average Bonchev–Trinajstić information content (AvgIpc) is 2.77. The zero-order chi connectivity index (χ0) is 11.6. The summed E-state index contributed by atoms with van der Waals surface area (Å²) in [5.74, 6) is 1.61. The van der Waals surface area contributed by atoms with Crippen molar-refractivity contribution < 1.29 is 4.79 Å². The smallest absolute Gasteiger partial charge is 0.230 e. The molecule has 1 heterocycles. The van der Waals surface area contributed by atoms with Crippen molar-refractivity contribution >= 4 is 29.0 Å². The number of amides is 1. The Kier molecular flexibility index (Phi) is 7.01. The molecule has 0 spiro atoms. The van der Waals surface area contributed by atoms with Crippen molar-refractivity contribution in [1.29, 1.82) is 0 Å². The third-order valence-corrected chi connectivity index (χ3v) is 3.97. The minimum atomic E-state index is 0.131. The molecule has 0 atom stereocenters. The van der Waals surface area contributed by atoms with Gasteiger partial charge in [-0.1, -0.05) is 18.2 Å². The van der Waals surface area contributed by atoms with Crippen LogP contribution in [0.15, 0.2) is 29.7 Å². The zero-order valence-electron chi connectivity index (χ0n) is 9.44. The van der Waals surface area contributed by atoms with Gasteiger partial charge in [0.05, 0.1) is 5.75 Å². The van der Waals surface area contributed by atoms with Crippen LogP contribution in [0.2, 0.25) is 0 Å². The van der Waals surface area contributed by atoms with E-state index in [0.29, 0.717) is 5.75 Å². The second-order valence-electron chi connectivity index (χ2n) is 3.28. The van der Waals surface area contributed by atoms with E-state index >= 15 is 0 Å². The molecule has 0 aromatic carbocycles. The minimum Gasteiger partial charge on any atom is -0.355 e. The molecule has 4 heteroatoms. The van der Waals surface area contributed by atoms with Crippen molar-refractivity contribution in [2.45, 2.75) is 19.1 Å². The summed E-state index contributed by atoms with van der Waals surface area (Å²) in [7, 11) is 0. The molecule has 0 aliphatic carbocycles. The second-order valence-corrected chi connectivity index (χ2v) is 5.30. The SMILES string of the molecule is C/C=C/CCNC(=O)CSCc1cccs1. The maximum absolute atomic E-state index is 11.4. The first-order valence-electron chi connectivity index (χ1n) is 5.31. The summed E-state index contributed by atoms with van der Waals surface area (Å²) in [6.45, 7) is 2.72. The number of thiophene rings is 1. The summed E-state index contributed by atoms with van der Waals surface area (Å²) >= 11 is 3.40. The fourth-order valence-electron chi connectivity index (χ4n) is 1.15. The van der Waals surface area contributed by atoms with Gasteiger partial charge in [0.15, 0.2) is 0 Å². The molecule has 0 saturated heterocycles. The van der Waals surface area contributed by atoms with Crippen LogP contribution < -0.4 is 5.32 Å². The van der Waals surface area contributed by atoms with Crippen LogP contribution in [0.4, 0.5) is 0 Å². The maximum atomic E-state index is 11.4. The fraction of sp³-hybridized carbons (Fsp3) is 0.417. The van der Waals surface area contributed by atoms with Gasteiger partial charge in [-0.3, -0.25) is 4.79 Å². The van der Waals surface area contributed by atoms with Crippen molar-refractivity contribution in [2.24, 2.45) is 0 Å². The predicted molar refractivity (Wildman–Crippen MR) is 72.9 cm³/mol. The number of allylic oxidation sites excluding steroid dienone is 1. The Morgan fingerprint density at radius 1 is 1.62 bits per heavy atom. The van der Waals surface area contributed by atoms with Crippen molar-refractivity contribution in [1.82, 2.24) is 5.32 Å². The lowest BCUT2D eigenvalue weighted by atomic mass is 10.4. The Bertz CT molecular complexity index is 320. The molecule has 1 N–H and O–H groups in total. The number of nitrogens with one attached hydrogen (secondary N) is 1. The highest BCUT2D eigenvalue weighted by molar-refractivity contribution is 7.99. The van der Waals surface area contributed by atoms with Crippen LogP contribution in [-0.2, 0) is 10.5 Å². The maximum Gasteiger partial charge on any atom is 0.230 e. The Labute approximate surface area is 105 Å². The highest BCUT2D eigenvalue weighted by atomic mass is 32.2. The fourth-order valence-corrected chi connectivity index (χ4v) is 2.85. The van der Waals surface area contributed by atoms with E-state index in [9.17, 15) is 4.79 Å². The number of carbonyl (C=O) groups excluding carboxylic acids is 1. The Morgan fingerprint density at radius 3 is 3.19 bits per heavy atom. The van der Waals surface area contributed by atoms with Crippen LogP contribution in [0.5, 0.6) is 0 Å². The number of rotatable bonds is 7. The van der Waals surface area contributed by atoms with Crippen LogP contribution in [0, 0.1) is 0 Å². The monoisotopic (exact) mass is 255 g/mol. The molecule has 0 aliphatic rings. The summed E-state index contributed by atoms with van der Waals surface area (Å²) in [5.41, 5.74) is 0. The van der Waals surface area contributed by atoms with Gasteiger partial charge in [-0.15, -0.1) is 23.1 Å². The normalized spacial score (nSPS) is 10.8. The molecular weight excluding hydrogens is 238 g/mol. The van der Waals surface area contributed by atoms with Crippen LogP contribution >= 0.6 is 23.1 Å². The number of thioether (sulfide) groups is 1. The summed E-state index contributed by atoms with van der Waals surface area (Å²) in [4.78, 5) is 12.7. The van der Waals surface area contributed by atoms with Gasteiger partial charge in [-0.2, -0.15) is 0 Å². The molecule has 0 unspecified atom stereocenters. The molecule has 0 fully saturated rings. The van der Waals surface area contributed by atoms with Gasteiger partial charge >= 0.3 is 0 Å². The van der Waals surface area contributed by atoms with Gasteiger partial charge in [0, 0.05) is 17.2 Å². The van der Waals surface area contributed by atoms with Crippen LogP contribution in [0.1, 0.15) is 18.2 Å². The van der Waals surface area contributed by atoms with Crippen molar-refractivity contribution in [3.05, 3.63) is 34.5 Å². The average molecular weight is 255 g/mol. The highest BCUT2D eigenvalue weighted by Crippen LogP contribution is 2.16. The van der Waals surface area contributed by atoms with Crippen molar-refractivity contribution in [3.63, 3.8) is 0 Å². The van der Waals surface area contributed by atoms with E-state index in [1.165, 1.54) is 4.88 Å². The van der Waals surface area contributed by atoms with E-state index in [1.54, 1.807) is 23.1 Å². The van der Waals surface area contributed by atoms with E-state index < -0.39 is 0 Å². The molecular formula is C12H17NOS2. The summed E-state index contributed by atoms with van der Waals surface area (Å²) in [6, 6.07) is 4.14. The third-order valence-electron chi connectivity index (χ3n) is 1.93. The Hall–Kier alpha value is -0.740. The van der Waals surface area contributed by atoms with Gasteiger partial charge in [0.2, 0.25) is 5.91 Å². The largest absolute Gasteiger partial charge is 0.355 e. The summed E-state index contributed by atoms with van der Waals surface area (Å²) in [5, 5.41) is 4.95. The van der Waals surface area contributed by atoms with Crippen molar-refractivity contribution in [2.75, 3.05) is 12.3 Å². The van der Waals surface area contributed by atoms with E-state index in [1.807, 2.05) is 19.1 Å². The molecule has 1 amide bonds. The molecule has 1 aromatic heterocycles. The molecule has 0 saturated carbocycles. The standard InChI is InChI=1S/C12H17NOS2/c1-2-3-4-7-13-12(14)10-15-9-11-6-5-8-16-11/h2-3,5-6,8H,4,7,9-10H2,1H3,(H,13,14)/b3-2+. The van der Waals surface area contributed by atoms with Gasteiger partial charge in [0.25, 0.3) is 0 Å². The summed E-state index contributed by atoms with van der Waals surface area (Å²) in [6.07, 6.45) is 4.97. The highest BCUT2D eigenvalue weighted by Gasteiger charge is 2.00. The van der Waals surface area contributed by atoms with E-state index in [2.05, 4.69) is 22.8 Å². The van der Waals surface area contributed by atoms with Crippen LogP contribution in [0.25, 0.3) is 0 Å². The van der Waals surface area contributed by atoms with Crippen LogP contribution in [0.3, 0.4) is 0 Å². The predicted octanol–water partition coefficient (Wildman–Crippen LogP) is 3.06. The lowest BCUT2D eigenvalue weighted by molar-refractivity contribution is -0.118. The summed E-state index contributed by atoms with van der Waals surface area (Å²) < 4.78 is 0. The molecule has 16 heavy (non-hydrogen) atoms. The lowest BCUT2D eigenvalue weighted by Crippen LogP contribution is -2.25. The lowest BCUT2D eigenvalue weighted by Gasteiger charge is -2.02. The number of carbonyl (C=O) groups is 1. The quantitative estimate of drug-likeness (QED) is 0.599. The molecule has 1 rings (SSSR count). The minimum absolute atomic E-state index is 0.131.